The summed E-state index contributed by atoms with van der Waals surface area (Å²) >= 11 is 0. The summed E-state index contributed by atoms with van der Waals surface area (Å²) < 4.78 is 0. The van der Waals surface area contributed by atoms with Crippen molar-refractivity contribution >= 4 is 11.9 Å². The highest BCUT2D eigenvalue weighted by Gasteiger charge is 2.29. The fourth-order valence-electron chi connectivity index (χ4n) is 1.41. The first-order valence-corrected chi connectivity index (χ1v) is 4.35. The second-order valence-corrected chi connectivity index (χ2v) is 3.34. The van der Waals surface area contributed by atoms with Crippen LogP contribution in [0.1, 0.15) is 13.3 Å². The van der Waals surface area contributed by atoms with E-state index in [1.165, 1.54) is 0 Å². The Kier molecular flexibility index (Phi) is 2.87. The van der Waals surface area contributed by atoms with E-state index in [9.17, 15) is 9.59 Å². The summed E-state index contributed by atoms with van der Waals surface area (Å²) in [4.78, 5) is 25.5. The third-order valence-corrected chi connectivity index (χ3v) is 2.44. The van der Waals surface area contributed by atoms with Crippen LogP contribution in [0, 0.1) is 0 Å². The van der Waals surface area contributed by atoms with Gasteiger partial charge in [-0.1, -0.05) is 0 Å². The highest BCUT2D eigenvalue weighted by Crippen LogP contribution is 2.08. The van der Waals surface area contributed by atoms with E-state index in [0.717, 1.165) is 17.9 Å². The van der Waals surface area contributed by atoms with Gasteiger partial charge in [-0.3, -0.25) is 14.6 Å². The van der Waals surface area contributed by atoms with Gasteiger partial charge in [-0.2, -0.15) is 0 Å². The zero-order chi connectivity index (χ0) is 10.0. The molecule has 0 spiro atoms. The molecule has 0 aliphatic carbocycles. The molecule has 1 aliphatic heterocycles. The molecule has 0 saturated carbocycles. The Bertz CT molecular complexity index is 229. The van der Waals surface area contributed by atoms with Crippen molar-refractivity contribution in [2.75, 3.05) is 20.1 Å². The normalized spacial score (nSPS) is 25.8. The fraction of sp³-hybridized carbons (Fsp3) is 0.750. The monoisotopic (exact) mass is 185 g/mol. The number of carbonyl (C=O) groups excluding carboxylic acids is 2. The van der Waals surface area contributed by atoms with E-state index < -0.39 is 6.03 Å². The molecule has 2 N–H and O–H groups in total. The summed E-state index contributed by atoms with van der Waals surface area (Å²) in [6, 6.07) is -0.901. The first kappa shape index (κ1) is 9.98. The average Bonchev–Trinajstić information content (AvgIpc) is 2.18. The van der Waals surface area contributed by atoms with Gasteiger partial charge in [0.25, 0.3) is 0 Å². The number of nitrogens with zero attached hydrogens (tertiary/aromatic N) is 2. The Labute approximate surface area is 77.5 Å². The van der Waals surface area contributed by atoms with Gasteiger partial charge in [-0.05, 0) is 20.4 Å². The summed E-state index contributed by atoms with van der Waals surface area (Å²) in [5.41, 5.74) is 5.08. The number of nitrogens with two attached hydrogens (primary N) is 1. The SMILES string of the molecule is C[C@H]1C(=O)N(C(N)=O)CCCN1C. The van der Waals surface area contributed by atoms with Gasteiger partial charge in [0.15, 0.2) is 0 Å². The zero-order valence-corrected chi connectivity index (χ0v) is 7.99. The van der Waals surface area contributed by atoms with Crippen LogP contribution in [0.3, 0.4) is 0 Å². The molecule has 1 saturated heterocycles. The highest BCUT2D eigenvalue weighted by molar-refractivity contribution is 5.96. The van der Waals surface area contributed by atoms with Crippen molar-refractivity contribution in [3.8, 4) is 0 Å². The van der Waals surface area contributed by atoms with E-state index in [4.69, 9.17) is 5.73 Å². The molecule has 5 heteroatoms. The molecular weight excluding hydrogens is 170 g/mol. The molecule has 0 bridgehead atoms. The van der Waals surface area contributed by atoms with E-state index in [2.05, 4.69) is 0 Å². The predicted molar refractivity (Wildman–Crippen MR) is 48.0 cm³/mol. The van der Waals surface area contributed by atoms with Crippen LogP contribution in [0.4, 0.5) is 4.79 Å². The predicted octanol–water partition coefficient (Wildman–Crippen LogP) is -0.382. The number of hydrogen-bond acceptors (Lipinski definition) is 3. The Morgan fingerprint density at radius 1 is 1.54 bits per heavy atom. The van der Waals surface area contributed by atoms with E-state index in [1.807, 2.05) is 11.9 Å². The summed E-state index contributed by atoms with van der Waals surface area (Å²) in [6.07, 6.45) is 0.787. The van der Waals surface area contributed by atoms with Gasteiger partial charge in [0.1, 0.15) is 0 Å². The minimum absolute atomic E-state index is 0.201. The van der Waals surface area contributed by atoms with Gasteiger partial charge in [0.2, 0.25) is 5.91 Å². The number of rotatable bonds is 0. The molecule has 0 aromatic heterocycles. The lowest BCUT2D eigenvalue weighted by Crippen LogP contribution is -2.47. The van der Waals surface area contributed by atoms with Crippen LogP contribution in [0.2, 0.25) is 0 Å². The maximum Gasteiger partial charge on any atom is 0.321 e. The van der Waals surface area contributed by atoms with Crippen LogP contribution in [0.25, 0.3) is 0 Å². The standard InChI is InChI=1S/C8H15N3O2/c1-6-7(12)11(8(9)13)5-3-4-10(6)2/h6H,3-5H2,1-2H3,(H2,9,13)/t6-/m0/s1. The Morgan fingerprint density at radius 3 is 2.69 bits per heavy atom. The molecule has 0 unspecified atom stereocenters. The second-order valence-electron chi connectivity index (χ2n) is 3.34. The van der Waals surface area contributed by atoms with Crippen LogP contribution in [0.15, 0.2) is 0 Å². The third kappa shape index (κ3) is 1.98. The molecule has 1 fully saturated rings. The minimum atomic E-state index is -0.646. The maximum atomic E-state index is 11.6. The maximum absolute atomic E-state index is 11.6. The fourth-order valence-corrected chi connectivity index (χ4v) is 1.41. The Hall–Kier alpha value is -1.10. The van der Waals surface area contributed by atoms with Gasteiger partial charge in [0.05, 0.1) is 6.04 Å². The van der Waals surface area contributed by atoms with Crippen molar-refractivity contribution in [2.24, 2.45) is 5.73 Å². The van der Waals surface area contributed by atoms with Crippen LogP contribution >= 0.6 is 0 Å². The van der Waals surface area contributed by atoms with Gasteiger partial charge in [-0.15, -0.1) is 0 Å². The van der Waals surface area contributed by atoms with E-state index in [1.54, 1.807) is 6.92 Å². The van der Waals surface area contributed by atoms with Crippen molar-refractivity contribution in [1.29, 1.82) is 0 Å². The number of likely N-dealkylation sites (N-methyl/N-ethyl adjacent to an activating group) is 1. The number of imide groups is 1. The molecule has 3 amide bonds. The number of amides is 3. The van der Waals surface area contributed by atoms with E-state index >= 15 is 0 Å². The van der Waals surface area contributed by atoms with Crippen LogP contribution in [0.5, 0.6) is 0 Å². The average molecular weight is 185 g/mol. The van der Waals surface area contributed by atoms with Crippen molar-refractivity contribution in [2.45, 2.75) is 19.4 Å². The quantitative estimate of drug-likeness (QED) is 0.559. The van der Waals surface area contributed by atoms with Gasteiger partial charge in [0, 0.05) is 13.1 Å². The number of primary amides is 1. The number of carbonyl (C=O) groups is 2. The minimum Gasteiger partial charge on any atom is -0.351 e. The van der Waals surface area contributed by atoms with E-state index in [-0.39, 0.29) is 11.9 Å². The lowest BCUT2D eigenvalue weighted by molar-refractivity contribution is -0.131. The van der Waals surface area contributed by atoms with Crippen molar-refractivity contribution < 1.29 is 9.59 Å². The van der Waals surface area contributed by atoms with Gasteiger partial charge < -0.3 is 5.73 Å². The molecule has 74 valence electrons. The summed E-state index contributed by atoms with van der Waals surface area (Å²) in [7, 11) is 1.87. The van der Waals surface area contributed by atoms with Gasteiger partial charge in [-0.25, -0.2) is 4.79 Å². The molecule has 1 rings (SSSR count). The van der Waals surface area contributed by atoms with Crippen molar-refractivity contribution in [3.05, 3.63) is 0 Å². The highest BCUT2D eigenvalue weighted by atomic mass is 16.2. The summed E-state index contributed by atoms with van der Waals surface area (Å²) in [5.74, 6) is -0.201. The van der Waals surface area contributed by atoms with Crippen LogP contribution < -0.4 is 5.73 Å². The Morgan fingerprint density at radius 2 is 2.15 bits per heavy atom. The van der Waals surface area contributed by atoms with E-state index in [0.29, 0.717) is 6.54 Å². The molecule has 5 nitrogen and oxygen atoms in total. The second kappa shape index (κ2) is 3.74. The smallest absolute Gasteiger partial charge is 0.321 e. The number of hydrogen-bond donors (Lipinski definition) is 1. The van der Waals surface area contributed by atoms with Gasteiger partial charge >= 0.3 is 6.03 Å². The molecule has 1 atom stereocenters. The largest absolute Gasteiger partial charge is 0.351 e. The lowest BCUT2D eigenvalue weighted by Gasteiger charge is -2.22. The lowest BCUT2D eigenvalue weighted by atomic mass is 10.3. The van der Waals surface area contributed by atoms with Crippen LogP contribution in [-0.4, -0.2) is 47.9 Å². The van der Waals surface area contributed by atoms with Crippen molar-refractivity contribution in [3.63, 3.8) is 0 Å². The number of urea groups is 1. The van der Waals surface area contributed by atoms with Crippen molar-refractivity contribution in [1.82, 2.24) is 9.80 Å². The summed E-state index contributed by atoms with van der Waals surface area (Å²) in [6.45, 7) is 3.03. The first-order valence-electron chi connectivity index (χ1n) is 4.35. The topological polar surface area (TPSA) is 66.6 Å². The zero-order valence-electron chi connectivity index (χ0n) is 7.99. The first-order chi connectivity index (χ1) is 6.04. The van der Waals surface area contributed by atoms with Crippen LogP contribution in [-0.2, 0) is 4.79 Å². The molecular formula is C8H15N3O2. The molecule has 1 aliphatic rings. The third-order valence-electron chi connectivity index (χ3n) is 2.44. The molecule has 0 radical (unpaired) electrons. The molecule has 13 heavy (non-hydrogen) atoms. The molecule has 0 aromatic carbocycles. The molecule has 1 heterocycles. The Balaban J connectivity index is 2.78. The molecule has 0 aromatic rings. The summed E-state index contributed by atoms with van der Waals surface area (Å²) in [5, 5.41) is 0.